The molecule has 1 N–H and O–H groups in total. The van der Waals surface area contributed by atoms with Crippen LogP contribution in [0.2, 0.25) is 0 Å². The first kappa shape index (κ1) is 14.3. The van der Waals surface area contributed by atoms with Gasteiger partial charge in [0.25, 0.3) is 0 Å². The predicted molar refractivity (Wildman–Crippen MR) is 74.3 cm³/mol. The number of hydrogen-bond acceptors (Lipinski definition) is 4. The van der Waals surface area contributed by atoms with Gasteiger partial charge in [0.05, 0.1) is 16.9 Å². The van der Waals surface area contributed by atoms with E-state index in [-0.39, 0.29) is 6.54 Å². The van der Waals surface area contributed by atoms with Gasteiger partial charge in [-0.15, -0.1) is 10.2 Å². The van der Waals surface area contributed by atoms with Crippen molar-refractivity contribution in [2.45, 2.75) is 19.6 Å². The van der Waals surface area contributed by atoms with E-state index in [1.807, 2.05) is 6.92 Å². The van der Waals surface area contributed by atoms with Crippen LogP contribution in [0.5, 0.6) is 0 Å². The van der Waals surface area contributed by atoms with Crippen molar-refractivity contribution in [1.82, 2.24) is 19.8 Å². The lowest BCUT2D eigenvalue weighted by atomic mass is 10.1. The van der Waals surface area contributed by atoms with Gasteiger partial charge in [0.1, 0.15) is 6.33 Å². The largest absolute Gasteiger partial charge is 0.416 e. The highest BCUT2D eigenvalue weighted by Crippen LogP contribution is 2.29. The Morgan fingerprint density at radius 3 is 2.82 bits per heavy atom. The fourth-order valence-electron chi connectivity index (χ4n) is 2.14. The molecule has 1 aromatic carbocycles. The molecule has 0 spiro atoms. The zero-order valence-electron chi connectivity index (χ0n) is 11.6. The van der Waals surface area contributed by atoms with Gasteiger partial charge in [0, 0.05) is 6.54 Å². The minimum Gasteiger partial charge on any atom is -0.378 e. The first-order chi connectivity index (χ1) is 10.4. The first-order valence-corrected chi connectivity index (χ1v) is 6.51. The van der Waals surface area contributed by atoms with Crippen molar-refractivity contribution >= 4 is 11.3 Å². The van der Waals surface area contributed by atoms with E-state index >= 15 is 0 Å². The zero-order valence-corrected chi connectivity index (χ0v) is 11.6. The molecule has 8 heteroatoms. The van der Waals surface area contributed by atoms with Crippen LogP contribution < -0.4 is 5.32 Å². The summed E-state index contributed by atoms with van der Waals surface area (Å²) in [5, 5.41) is 15.0. The maximum absolute atomic E-state index is 12.7. The molecule has 114 valence electrons. The first-order valence-electron chi connectivity index (χ1n) is 6.51. The molecule has 0 saturated heterocycles. The van der Waals surface area contributed by atoms with Crippen molar-refractivity contribution in [3.63, 3.8) is 0 Å². The lowest BCUT2D eigenvalue weighted by molar-refractivity contribution is -0.137. The molecule has 0 saturated carbocycles. The van der Waals surface area contributed by atoms with Gasteiger partial charge in [-0.1, -0.05) is 12.1 Å². The number of anilines is 1. The third-order valence-electron chi connectivity index (χ3n) is 3.13. The van der Waals surface area contributed by atoms with Gasteiger partial charge < -0.3 is 5.32 Å². The molecule has 5 nitrogen and oxygen atoms in total. The average Bonchev–Trinajstić information content (AvgIpc) is 2.92. The number of aryl methyl sites for hydroxylation is 1. The summed E-state index contributed by atoms with van der Waals surface area (Å²) in [7, 11) is 0. The molecule has 0 aliphatic carbocycles. The summed E-state index contributed by atoms with van der Waals surface area (Å²) in [6, 6.07) is 6.98. The smallest absolute Gasteiger partial charge is 0.378 e. The Kier molecular flexibility index (Phi) is 3.44. The summed E-state index contributed by atoms with van der Waals surface area (Å²) >= 11 is 0. The normalized spacial score (nSPS) is 11.8. The van der Waals surface area contributed by atoms with Crippen molar-refractivity contribution in [1.29, 1.82) is 0 Å². The molecule has 3 aromatic rings. The van der Waals surface area contributed by atoms with Crippen LogP contribution in [0, 0.1) is 6.92 Å². The number of rotatable bonds is 3. The monoisotopic (exact) mass is 307 g/mol. The van der Waals surface area contributed by atoms with Crippen molar-refractivity contribution in [2.24, 2.45) is 0 Å². The molecular weight excluding hydrogens is 295 g/mol. The van der Waals surface area contributed by atoms with Crippen LogP contribution in [0.25, 0.3) is 5.65 Å². The Hall–Kier alpha value is -2.64. The van der Waals surface area contributed by atoms with E-state index in [2.05, 4.69) is 20.6 Å². The van der Waals surface area contributed by atoms with E-state index in [9.17, 15) is 13.2 Å². The van der Waals surface area contributed by atoms with Gasteiger partial charge in [-0.05, 0) is 30.7 Å². The van der Waals surface area contributed by atoms with Gasteiger partial charge in [0.2, 0.25) is 5.65 Å². The van der Waals surface area contributed by atoms with E-state index in [1.54, 1.807) is 12.1 Å². The number of halogens is 3. The van der Waals surface area contributed by atoms with Gasteiger partial charge >= 0.3 is 6.18 Å². The van der Waals surface area contributed by atoms with E-state index in [4.69, 9.17) is 0 Å². The van der Waals surface area contributed by atoms with Crippen LogP contribution in [-0.2, 0) is 12.7 Å². The second-order valence-corrected chi connectivity index (χ2v) is 4.85. The van der Waals surface area contributed by atoms with E-state index < -0.39 is 11.7 Å². The molecule has 0 fully saturated rings. The van der Waals surface area contributed by atoms with Crippen LogP contribution in [0.1, 0.15) is 16.8 Å². The SMILES string of the molecule is Cc1cc(NCc2cccc(C(F)(F)F)c2)c2nncn2n1. The summed E-state index contributed by atoms with van der Waals surface area (Å²) in [6.07, 6.45) is -2.87. The molecule has 0 unspecified atom stereocenters. The minimum atomic E-state index is -4.34. The number of fused-ring (bicyclic) bond motifs is 1. The number of benzene rings is 1. The second-order valence-electron chi connectivity index (χ2n) is 4.85. The standard InChI is InChI=1S/C14H12F3N5/c1-9-5-12(13-20-19-8-22(13)21-9)18-7-10-3-2-4-11(6-10)14(15,16)17/h2-6,8,18H,7H2,1H3. The summed E-state index contributed by atoms with van der Waals surface area (Å²) in [4.78, 5) is 0. The lowest BCUT2D eigenvalue weighted by Gasteiger charge is -2.11. The second kappa shape index (κ2) is 5.28. The maximum Gasteiger partial charge on any atom is 0.416 e. The van der Waals surface area contributed by atoms with E-state index in [1.165, 1.54) is 16.9 Å². The number of aromatic nitrogens is 4. The van der Waals surface area contributed by atoms with Crippen LogP contribution in [0.4, 0.5) is 18.9 Å². The maximum atomic E-state index is 12.7. The Morgan fingerprint density at radius 2 is 2.05 bits per heavy atom. The predicted octanol–water partition coefficient (Wildman–Crippen LogP) is 3.06. The highest BCUT2D eigenvalue weighted by Gasteiger charge is 2.30. The Morgan fingerprint density at radius 1 is 1.23 bits per heavy atom. The molecule has 2 aromatic heterocycles. The lowest BCUT2D eigenvalue weighted by Crippen LogP contribution is -2.07. The molecule has 0 aliphatic heterocycles. The number of nitrogens with zero attached hydrogens (tertiary/aromatic N) is 4. The quantitative estimate of drug-likeness (QED) is 0.808. The fraction of sp³-hybridized carbons (Fsp3) is 0.214. The Labute approximate surface area is 123 Å². The van der Waals surface area contributed by atoms with Crippen LogP contribution in [-0.4, -0.2) is 19.8 Å². The third kappa shape index (κ3) is 2.85. The van der Waals surface area contributed by atoms with Crippen LogP contribution >= 0.6 is 0 Å². The molecule has 0 bridgehead atoms. The Bertz CT molecular complexity index is 810. The highest BCUT2D eigenvalue weighted by molar-refractivity contribution is 5.66. The minimum absolute atomic E-state index is 0.246. The highest BCUT2D eigenvalue weighted by atomic mass is 19.4. The van der Waals surface area contributed by atoms with E-state index in [0.29, 0.717) is 16.9 Å². The van der Waals surface area contributed by atoms with Gasteiger partial charge in [-0.3, -0.25) is 0 Å². The molecule has 0 atom stereocenters. The van der Waals surface area contributed by atoms with Gasteiger partial charge in [-0.25, -0.2) is 0 Å². The number of alkyl halides is 3. The molecule has 22 heavy (non-hydrogen) atoms. The van der Waals surface area contributed by atoms with Crippen molar-refractivity contribution in [3.8, 4) is 0 Å². The number of hydrogen-bond donors (Lipinski definition) is 1. The van der Waals surface area contributed by atoms with Crippen LogP contribution in [0.15, 0.2) is 36.7 Å². The van der Waals surface area contributed by atoms with Crippen molar-refractivity contribution < 1.29 is 13.2 Å². The number of nitrogens with one attached hydrogen (secondary N) is 1. The average molecular weight is 307 g/mol. The summed E-state index contributed by atoms with van der Waals surface area (Å²) in [6.45, 7) is 2.06. The van der Waals surface area contributed by atoms with Crippen molar-refractivity contribution in [2.75, 3.05) is 5.32 Å². The molecule has 0 radical (unpaired) electrons. The topological polar surface area (TPSA) is 55.1 Å². The fourth-order valence-corrected chi connectivity index (χ4v) is 2.14. The van der Waals surface area contributed by atoms with Gasteiger partial charge in [-0.2, -0.15) is 22.8 Å². The van der Waals surface area contributed by atoms with E-state index in [0.717, 1.165) is 17.8 Å². The van der Waals surface area contributed by atoms with Gasteiger partial charge in [0.15, 0.2) is 0 Å². The van der Waals surface area contributed by atoms with Crippen molar-refractivity contribution in [3.05, 3.63) is 53.5 Å². The molecule has 2 heterocycles. The third-order valence-corrected chi connectivity index (χ3v) is 3.13. The summed E-state index contributed by atoms with van der Waals surface area (Å²) in [5.41, 5.74) is 1.81. The Balaban J connectivity index is 1.84. The molecular formula is C14H12F3N5. The zero-order chi connectivity index (χ0) is 15.7. The molecule has 0 aliphatic rings. The van der Waals surface area contributed by atoms with Crippen LogP contribution in [0.3, 0.4) is 0 Å². The summed E-state index contributed by atoms with van der Waals surface area (Å²) < 4.78 is 39.6. The summed E-state index contributed by atoms with van der Waals surface area (Å²) in [5.74, 6) is 0. The molecule has 3 rings (SSSR count). The molecule has 0 amide bonds.